The molecule has 2 N–H and O–H groups in total. The Kier molecular flexibility index (Phi) is 4.36. The van der Waals surface area contributed by atoms with Gasteiger partial charge in [-0.2, -0.15) is 26.3 Å². The molecule has 138 valence electrons. The van der Waals surface area contributed by atoms with E-state index in [0.29, 0.717) is 0 Å². The van der Waals surface area contributed by atoms with Gasteiger partial charge in [-0.15, -0.1) is 0 Å². The van der Waals surface area contributed by atoms with E-state index in [1.54, 1.807) is 0 Å². The van der Waals surface area contributed by atoms with Crippen molar-refractivity contribution in [2.75, 3.05) is 0 Å². The molecule has 0 aromatic heterocycles. The van der Waals surface area contributed by atoms with E-state index in [1.807, 2.05) is 0 Å². The van der Waals surface area contributed by atoms with E-state index < -0.39 is 35.7 Å². The number of halogens is 6. The summed E-state index contributed by atoms with van der Waals surface area (Å²) in [5.41, 5.74) is -1.08. The zero-order valence-corrected chi connectivity index (χ0v) is 12.9. The lowest BCUT2D eigenvalue weighted by atomic mass is 9.87. The van der Waals surface area contributed by atoms with E-state index in [-0.39, 0.29) is 21.5 Å². The van der Waals surface area contributed by atoms with Gasteiger partial charge in [0.15, 0.2) is 12.2 Å². The van der Waals surface area contributed by atoms with Gasteiger partial charge in [0, 0.05) is 11.1 Å². The van der Waals surface area contributed by atoms with Gasteiger partial charge >= 0.3 is 12.4 Å². The number of rotatable bonds is 2. The second kappa shape index (κ2) is 6.14. The van der Waals surface area contributed by atoms with Crippen LogP contribution in [0, 0.1) is 0 Å². The summed E-state index contributed by atoms with van der Waals surface area (Å²) < 4.78 is 79.0. The highest BCUT2D eigenvalue weighted by Crippen LogP contribution is 2.46. The summed E-state index contributed by atoms with van der Waals surface area (Å²) in [5.74, 6) is 0. The van der Waals surface area contributed by atoms with Crippen molar-refractivity contribution in [3.63, 3.8) is 0 Å². The third-order valence-electron chi connectivity index (χ3n) is 4.18. The number of aliphatic hydroxyl groups is 2. The molecule has 0 aliphatic carbocycles. The van der Waals surface area contributed by atoms with Gasteiger partial charge in [-0.05, 0) is 21.5 Å². The Morgan fingerprint density at radius 1 is 0.538 bits per heavy atom. The highest BCUT2D eigenvalue weighted by Gasteiger charge is 2.44. The largest absolute Gasteiger partial charge is 0.418 e. The maximum Gasteiger partial charge on any atom is 0.418 e. The molecule has 0 bridgehead atoms. The second-order valence-electron chi connectivity index (χ2n) is 5.81. The van der Waals surface area contributed by atoms with Crippen LogP contribution in [0.5, 0.6) is 0 Å². The average Bonchev–Trinajstić information content (AvgIpc) is 2.56. The molecule has 3 aromatic rings. The van der Waals surface area contributed by atoms with Crippen molar-refractivity contribution in [3.05, 3.63) is 59.7 Å². The molecule has 0 aliphatic heterocycles. The summed E-state index contributed by atoms with van der Waals surface area (Å²) in [6.07, 6.45) is -15.8. The maximum absolute atomic E-state index is 13.2. The first kappa shape index (κ1) is 18.5. The van der Waals surface area contributed by atoms with Crippen LogP contribution in [-0.2, 0) is 0 Å². The summed E-state index contributed by atoms with van der Waals surface area (Å²) >= 11 is 0. The zero-order chi connectivity index (χ0) is 19.3. The number of aliphatic hydroxyl groups excluding tert-OH is 2. The molecule has 0 saturated heterocycles. The number of fused-ring (bicyclic) bond motifs is 2. The van der Waals surface area contributed by atoms with Crippen molar-refractivity contribution >= 4 is 21.5 Å². The SMILES string of the molecule is OC(c1c2ccccc2c(C(O)C(F)(F)F)c2ccccc12)C(F)(F)F. The van der Waals surface area contributed by atoms with Gasteiger partial charge < -0.3 is 10.2 Å². The van der Waals surface area contributed by atoms with Crippen LogP contribution in [0.15, 0.2) is 48.5 Å². The van der Waals surface area contributed by atoms with Crippen LogP contribution < -0.4 is 0 Å². The first-order valence-electron chi connectivity index (χ1n) is 7.46. The van der Waals surface area contributed by atoms with Crippen LogP contribution in [0.2, 0.25) is 0 Å². The molecule has 26 heavy (non-hydrogen) atoms. The topological polar surface area (TPSA) is 40.5 Å². The minimum Gasteiger partial charge on any atom is -0.379 e. The fraction of sp³-hybridized carbons (Fsp3) is 0.222. The van der Waals surface area contributed by atoms with Gasteiger partial charge in [-0.3, -0.25) is 0 Å². The van der Waals surface area contributed by atoms with Crippen molar-refractivity contribution in [2.45, 2.75) is 24.6 Å². The minimum atomic E-state index is -5.00. The molecule has 2 atom stereocenters. The number of benzene rings is 3. The van der Waals surface area contributed by atoms with Crippen LogP contribution >= 0.6 is 0 Å². The molecule has 0 amide bonds. The number of hydrogen-bond donors (Lipinski definition) is 2. The van der Waals surface area contributed by atoms with Crippen molar-refractivity contribution in [1.29, 1.82) is 0 Å². The van der Waals surface area contributed by atoms with Gasteiger partial charge in [0.05, 0.1) is 0 Å². The molecule has 8 heteroatoms. The van der Waals surface area contributed by atoms with E-state index in [4.69, 9.17) is 0 Å². The van der Waals surface area contributed by atoms with E-state index in [0.717, 1.165) is 0 Å². The Balaban J connectivity index is 2.52. The van der Waals surface area contributed by atoms with Gasteiger partial charge in [0.2, 0.25) is 0 Å². The van der Waals surface area contributed by atoms with Gasteiger partial charge in [0.1, 0.15) is 0 Å². The molecule has 0 spiro atoms. The van der Waals surface area contributed by atoms with Crippen LogP contribution in [0.1, 0.15) is 23.3 Å². The summed E-state index contributed by atoms with van der Waals surface area (Å²) in [6.45, 7) is 0. The Morgan fingerprint density at radius 2 is 0.769 bits per heavy atom. The highest BCUT2D eigenvalue weighted by atomic mass is 19.4. The Morgan fingerprint density at radius 3 is 0.962 bits per heavy atom. The standard InChI is InChI=1S/C18H12F6O2/c19-17(20,21)15(25)13-9-5-1-2-6-10(9)14(16(26)18(22,23)24)12-8-4-3-7-11(12)13/h1-8,15-16,25-26H. The average molecular weight is 374 g/mol. The van der Waals surface area contributed by atoms with Crippen molar-refractivity contribution in [3.8, 4) is 0 Å². The van der Waals surface area contributed by atoms with Gasteiger partial charge in [-0.25, -0.2) is 0 Å². The molecule has 2 nitrogen and oxygen atoms in total. The van der Waals surface area contributed by atoms with Crippen molar-refractivity contribution in [1.82, 2.24) is 0 Å². The normalized spacial score (nSPS) is 15.4. The van der Waals surface area contributed by atoms with Crippen molar-refractivity contribution < 1.29 is 36.6 Å². The maximum atomic E-state index is 13.2. The molecule has 0 fully saturated rings. The summed E-state index contributed by atoms with van der Waals surface area (Å²) in [5, 5.41) is 18.9. The first-order chi connectivity index (χ1) is 12.0. The van der Waals surface area contributed by atoms with E-state index >= 15 is 0 Å². The molecule has 0 saturated carbocycles. The third-order valence-corrected chi connectivity index (χ3v) is 4.18. The van der Waals surface area contributed by atoms with E-state index in [9.17, 15) is 36.6 Å². The zero-order valence-electron chi connectivity index (χ0n) is 12.9. The highest BCUT2D eigenvalue weighted by molar-refractivity contribution is 6.06. The summed E-state index contributed by atoms with van der Waals surface area (Å²) in [7, 11) is 0. The predicted octanol–water partition coefficient (Wildman–Crippen LogP) is 5.18. The number of alkyl halides is 6. The minimum absolute atomic E-state index is 0.200. The van der Waals surface area contributed by atoms with Crippen molar-refractivity contribution in [2.24, 2.45) is 0 Å². The van der Waals surface area contributed by atoms with Crippen LogP contribution in [-0.4, -0.2) is 22.6 Å². The fourth-order valence-electron chi connectivity index (χ4n) is 3.11. The van der Waals surface area contributed by atoms with Crippen LogP contribution in [0.3, 0.4) is 0 Å². The Labute approximate surface area is 143 Å². The monoisotopic (exact) mass is 374 g/mol. The summed E-state index contributed by atoms with van der Waals surface area (Å²) in [6, 6.07) is 10.2. The summed E-state index contributed by atoms with van der Waals surface area (Å²) in [4.78, 5) is 0. The molecule has 3 rings (SSSR count). The molecule has 0 radical (unpaired) electrons. The van der Waals surface area contributed by atoms with Gasteiger partial charge in [-0.1, -0.05) is 48.5 Å². The molecular formula is C18H12F6O2. The smallest absolute Gasteiger partial charge is 0.379 e. The number of hydrogen-bond acceptors (Lipinski definition) is 2. The molecule has 2 unspecified atom stereocenters. The molecule has 3 aromatic carbocycles. The molecule has 0 aliphatic rings. The van der Waals surface area contributed by atoms with Crippen LogP contribution in [0.25, 0.3) is 21.5 Å². The predicted molar refractivity (Wildman–Crippen MR) is 83.5 cm³/mol. The van der Waals surface area contributed by atoms with Crippen LogP contribution in [0.4, 0.5) is 26.3 Å². The van der Waals surface area contributed by atoms with E-state index in [2.05, 4.69) is 0 Å². The second-order valence-corrected chi connectivity index (χ2v) is 5.81. The first-order valence-corrected chi connectivity index (χ1v) is 7.46. The molecule has 0 heterocycles. The Hall–Kier alpha value is -2.32. The van der Waals surface area contributed by atoms with Gasteiger partial charge in [0.25, 0.3) is 0 Å². The fourth-order valence-corrected chi connectivity index (χ4v) is 3.11. The lowest BCUT2D eigenvalue weighted by molar-refractivity contribution is -0.206. The van der Waals surface area contributed by atoms with E-state index in [1.165, 1.54) is 48.5 Å². The quantitative estimate of drug-likeness (QED) is 0.479. The third kappa shape index (κ3) is 2.99. The lowest BCUT2D eigenvalue weighted by Gasteiger charge is -2.24. The lowest BCUT2D eigenvalue weighted by Crippen LogP contribution is -2.23. The molecular weight excluding hydrogens is 362 g/mol. The Bertz CT molecular complexity index is 826.